The Morgan fingerprint density at radius 2 is 1.51 bits per heavy atom. The molecule has 0 saturated heterocycles. The fourth-order valence-corrected chi connectivity index (χ4v) is 5.21. The summed E-state index contributed by atoms with van der Waals surface area (Å²) in [6, 6.07) is 23.8. The van der Waals surface area contributed by atoms with E-state index in [0.717, 1.165) is 6.07 Å². The van der Waals surface area contributed by atoms with Gasteiger partial charge in [-0.2, -0.15) is 13.2 Å². The van der Waals surface area contributed by atoms with Crippen molar-refractivity contribution in [3.63, 3.8) is 0 Å². The first-order valence-electron chi connectivity index (χ1n) is 11.6. The molecule has 2 heterocycles. The van der Waals surface area contributed by atoms with E-state index in [4.69, 9.17) is 9.47 Å². The van der Waals surface area contributed by atoms with Crippen LogP contribution in [0.1, 0.15) is 32.6 Å². The average molecular weight is 502 g/mol. The number of hydrogen-bond donors (Lipinski definition) is 1. The number of hydrogen-bond acceptors (Lipinski definition) is 5. The van der Waals surface area contributed by atoms with E-state index in [9.17, 15) is 18.0 Å². The molecule has 2 aliphatic heterocycles. The van der Waals surface area contributed by atoms with Gasteiger partial charge in [0, 0.05) is 42.5 Å². The van der Waals surface area contributed by atoms with E-state index in [2.05, 4.69) is 5.32 Å². The minimum Gasteiger partial charge on any atom is -0.456 e. The molecular formula is C29H21F3N2O3. The van der Waals surface area contributed by atoms with Gasteiger partial charge in [0.2, 0.25) is 0 Å². The molecule has 0 aromatic heterocycles. The van der Waals surface area contributed by atoms with E-state index in [1.807, 2.05) is 30.3 Å². The van der Waals surface area contributed by atoms with E-state index in [-0.39, 0.29) is 5.69 Å². The zero-order chi connectivity index (χ0) is 25.9. The number of benzene rings is 4. The quantitative estimate of drug-likeness (QED) is 0.303. The van der Waals surface area contributed by atoms with E-state index in [1.165, 1.54) is 11.0 Å². The van der Waals surface area contributed by atoms with Gasteiger partial charge in [0.1, 0.15) is 11.5 Å². The van der Waals surface area contributed by atoms with Crippen LogP contribution in [0, 0.1) is 0 Å². The number of para-hydroxylation sites is 2. The molecule has 4 aromatic rings. The van der Waals surface area contributed by atoms with Crippen molar-refractivity contribution in [2.24, 2.45) is 0 Å². The molecule has 4 aromatic carbocycles. The maximum absolute atomic E-state index is 13.7. The molecular weight excluding hydrogens is 481 g/mol. The van der Waals surface area contributed by atoms with Crippen molar-refractivity contribution in [1.82, 2.24) is 0 Å². The Morgan fingerprint density at radius 1 is 0.811 bits per heavy atom. The highest BCUT2D eigenvalue weighted by Gasteiger charge is 2.53. The minimum atomic E-state index is -4.51. The van der Waals surface area contributed by atoms with Crippen molar-refractivity contribution in [2.45, 2.75) is 11.8 Å². The molecule has 5 nitrogen and oxygen atoms in total. The highest BCUT2D eigenvalue weighted by atomic mass is 19.4. The number of alkyl halides is 3. The summed E-state index contributed by atoms with van der Waals surface area (Å²) in [6.45, 7) is 0. The van der Waals surface area contributed by atoms with Crippen molar-refractivity contribution >= 4 is 23.0 Å². The van der Waals surface area contributed by atoms with Crippen molar-refractivity contribution in [1.29, 1.82) is 0 Å². The Balaban J connectivity index is 1.49. The average Bonchev–Trinajstić information content (AvgIpc) is 3.16. The number of ether oxygens (including phenoxy) is 2. The first-order chi connectivity index (χ1) is 17.7. The van der Waals surface area contributed by atoms with Crippen LogP contribution in [0.5, 0.6) is 11.5 Å². The van der Waals surface area contributed by atoms with Crippen LogP contribution in [0.15, 0.2) is 84.9 Å². The molecule has 6 rings (SSSR count). The molecule has 2 aliphatic rings. The maximum atomic E-state index is 13.7. The first-order valence-corrected chi connectivity index (χ1v) is 11.6. The van der Waals surface area contributed by atoms with Crippen LogP contribution in [0.4, 0.5) is 30.2 Å². The van der Waals surface area contributed by atoms with Gasteiger partial charge in [-0.25, -0.2) is 4.79 Å². The fourth-order valence-electron chi connectivity index (χ4n) is 5.21. The van der Waals surface area contributed by atoms with Gasteiger partial charge in [-0.1, -0.05) is 42.5 Å². The van der Waals surface area contributed by atoms with Crippen LogP contribution >= 0.6 is 0 Å². The minimum absolute atomic E-state index is 0.0223. The Kier molecular flexibility index (Phi) is 4.98. The van der Waals surface area contributed by atoms with Gasteiger partial charge < -0.3 is 19.7 Å². The topological polar surface area (TPSA) is 50.8 Å². The Labute approximate surface area is 211 Å². The SMILES string of the molecule is CN(C)c1c(Nc2ccc3c(c2)Oc2ccccc2C32OC(=O)c3ccccc32)cccc1C(F)(F)F. The van der Waals surface area contributed by atoms with E-state index in [1.54, 1.807) is 56.6 Å². The van der Waals surface area contributed by atoms with Gasteiger partial charge in [0.25, 0.3) is 0 Å². The number of rotatable bonds is 3. The largest absolute Gasteiger partial charge is 0.456 e. The van der Waals surface area contributed by atoms with E-state index < -0.39 is 23.3 Å². The van der Waals surface area contributed by atoms with Crippen LogP contribution in [-0.4, -0.2) is 20.1 Å². The van der Waals surface area contributed by atoms with Crippen LogP contribution in [0.25, 0.3) is 0 Å². The van der Waals surface area contributed by atoms with Crippen molar-refractivity contribution in [3.8, 4) is 11.5 Å². The predicted molar refractivity (Wildman–Crippen MR) is 134 cm³/mol. The standard InChI is InChI=1S/C29H21F3N2O3/c1-34(2)26-22(29(30,31)32)11-7-12-23(26)33-17-14-15-21-25(16-17)36-24-13-6-5-10-20(24)28(21)19-9-4-3-8-18(19)27(35)37-28/h3-16,33H,1-2H3. The molecule has 0 amide bonds. The van der Waals surface area contributed by atoms with Gasteiger partial charge in [0.05, 0.1) is 22.5 Å². The molecule has 1 atom stereocenters. The maximum Gasteiger partial charge on any atom is 0.418 e. The Hall–Kier alpha value is -4.46. The summed E-state index contributed by atoms with van der Waals surface area (Å²) >= 11 is 0. The second-order valence-electron chi connectivity index (χ2n) is 9.14. The third-order valence-electron chi connectivity index (χ3n) is 6.69. The zero-order valence-electron chi connectivity index (χ0n) is 19.9. The highest BCUT2D eigenvalue weighted by Crippen LogP contribution is 2.56. The molecule has 0 bridgehead atoms. The molecule has 0 fully saturated rings. The summed E-state index contributed by atoms with van der Waals surface area (Å²) in [4.78, 5) is 14.3. The molecule has 1 unspecified atom stereocenters. The summed E-state index contributed by atoms with van der Waals surface area (Å²) in [5.74, 6) is 0.538. The van der Waals surface area contributed by atoms with Gasteiger partial charge in [-0.15, -0.1) is 0 Å². The lowest BCUT2D eigenvalue weighted by molar-refractivity contribution is -0.137. The molecule has 8 heteroatoms. The number of nitrogens with zero attached hydrogens (tertiary/aromatic N) is 1. The van der Waals surface area contributed by atoms with Gasteiger partial charge >= 0.3 is 12.1 Å². The first kappa shape index (κ1) is 23.0. The molecule has 0 aliphatic carbocycles. The monoisotopic (exact) mass is 502 g/mol. The third-order valence-corrected chi connectivity index (χ3v) is 6.69. The summed E-state index contributed by atoms with van der Waals surface area (Å²) in [5, 5.41) is 3.12. The van der Waals surface area contributed by atoms with Crippen LogP contribution in [0.3, 0.4) is 0 Å². The lowest BCUT2D eigenvalue weighted by Gasteiger charge is -2.36. The highest BCUT2D eigenvalue weighted by molar-refractivity contribution is 5.97. The lowest BCUT2D eigenvalue weighted by atomic mass is 9.77. The summed E-state index contributed by atoms with van der Waals surface area (Å²) in [6.07, 6.45) is -4.51. The molecule has 37 heavy (non-hydrogen) atoms. The molecule has 0 saturated carbocycles. The molecule has 186 valence electrons. The van der Waals surface area contributed by atoms with Gasteiger partial charge in [-0.3, -0.25) is 0 Å². The van der Waals surface area contributed by atoms with Crippen LogP contribution < -0.4 is 15.0 Å². The number of esters is 1. The van der Waals surface area contributed by atoms with Gasteiger partial charge in [-0.05, 0) is 36.4 Å². The fraction of sp³-hybridized carbons (Fsp3) is 0.138. The van der Waals surface area contributed by atoms with Crippen LogP contribution in [0.2, 0.25) is 0 Å². The number of fused-ring (bicyclic) bond motifs is 6. The number of carbonyl (C=O) groups excluding carboxylic acids is 1. The molecule has 1 N–H and O–H groups in total. The van der Waals surface area contributed by atoms with Crippen molar-refractivity contribution in [3.05, 3.63) is 113 Å². The normalized spacial score (nSPS) is 17.4. The number of halogens is 3. The lowest BCUT2D eigenvalue weighted by Crippen LogP contribution is -2.32. The Bertz CT molecular complexity index is 1560. The number of carbonyl (C=O) groups is 1. The molecule has 1 spiro atoms. The van der Waals surface area contributed by atoms with Crippen molar-refractivity contribution < 1.29 is 27.4 Å². The third kappa shape index (κ3) is 3.43. The smallest absolute Gasteiger partial charge is 0.418 e. The van der Waals surface area contributed by atoms with E-state index >= 15 is 0 Å². The van der Waals surface area contributed by atoms with Crippen molar-refractivity contribution in [2.75, 3.05) is 24.3 Å². The number of nitrogens with one attached hydrogen (secondary N) is 1. The van der Waals surface area contributed by atoms with Gasteiger partial charge in [0.15, 0.2) is 5.60 Å². The summed E-state index contributed by atoms with van der Waals surface area (Å²) in [5.41, 5.74) is 1.44. The van der Waals surface area contributed by atoms with E-state index in [0.29, 0.717) is 45.1 Å². The predicted octanol–water partition coefficient (Wildman–Crippen LogP) is 7.08. The summed E-state index contributed by atoms with van der Waals surface area (Å²) in [7, 11) is 3.14. The number of anilines is 3. The van der Waals surface area contributed by atoms with Crippen LogP contribution in [-0.2, 0) is 16.5 Å². The second-order valence-corrected chi connectivity index (χ2v) is 9.14. The summed E-state index contributed by atoms with van der Waals surface area (Å²) < 4.78 is 53.4. The Morgan fingerprint density at radius 3 is 2.27 bits per heavy atom. The molecule has 0 radical (unpaired) electrons. The second kappa shape index (κ2) is 8.03. The zero-order valence-corrected chi connectivity index (χ0v) is 19.9.